The number of aryl methyl sites for hydroxylation is 1. The van der Waals surface area contributed by atoms with Crippen molar-refractivity contribution in [2.75, 3.05) is 7.11 Å². The lowest BCUT2D eigenvalue weighted by atomic mass is 10.0. The summed E-state index contributed by atoms with van der Waals surface area (Å²) in [6, 6.07) is 5.50. The van der Waals surface area contributed by atoms with Gasteiger partial charge in [-0.1, -0.05) is 6.07 Å². The van der Waals surface area contributed by atoms with Crippen molar-refractivity contribution < 1.29 is 4.74 Å². The first kappa shape index (κ1) is 10.6. The van der Waals surface area contributed by atoms with Crippen LogP contribution in [0.2, 0.25) is 0 Å². The van der Waals surface area contributed by atoms with Crippen LogP contribution in [0.15, 0.2) is 24.5 Å². The molecule has 0 aliphatic carbocycles. The van der Waals surface area contributed by atoms with Crippen LogP contribution >= 0.6 is 0 Å². The molecule has 0 aliphatic heterocycles. The van der Waals surface area contributed by atoms with E-state index in [4.69, 9.17) is 10.5 Å². The Labute approximate surface area is 93.7 Å². The number of hydrogen-bond acceptors (Lipinski definition) is 4. The van der Waals surface area contributed by atoms with E-state index in [-0.39, 0.29) is 6.04 Å². The van der Waals surface area contributed by atoms with Gasteiger partial charge in [-0.15, -0.1) is 0 Å². The average Bonchev–Trinajstić information content (AvgIpc) is 2.81. The topological polar surface area (TPSA) is 76.8 Å². The quantitative estimate of drug-likeness (QED) is 0.810. The second-order valence-electron chi connectivity index (χ2n) is 3.57. The van der Waals surface area contributed by atoms with Gasteiger partial charge in [-0.3, -0.25) is 5.10 Å². The Morgan fingerprint density at radius 1 is 1.44 bits per heavy atom. The summed E-state index contributed by atoms with van der Waals surface area (Å²) in [6.45, 7) is 1.99. The molecule has 5 nitrogen and oxygen atoms in total. The molecule has 0 spiro atoms. The molecule has 0 amide bonds. The number of nitrogens with two attached hydrogens (primary N) is 1. The van der Waals surface area contributed by atoms with Crippen molar-refractivity contribution in [2.24, 2.45) is 5.73 Å². The van der Waals surface area contributed by atoms with Crippen molar-refractivity contribution in [3.63, 3.8) is 0 Å². The van der Waals surface area contributed by atoms with E-state index in [0.717, 1.165) is 16.9 Å². The molecule has 0 fully saturated rings. The van der Waals surface area contributed by atoms with Crippen molar-refractivity contribution in [1.82, 2.24) is 15.2 Å². The summed E-state index contributed by atoms with van der Waals surface area (Å²) < 4.78 is 5.14. The summed E-state index contributed by atoms with van der Waals surface area (Å²) in [6.07, 6.45) is 1.45. The molecule has 3 N–H and O–H groups in total. The fourth-order valence-electron chi connectivity index (χ4n) is 1.64. The summed E-state index contributed by atoms with van der Waals surface area (Å²) in [5.41, 5.74) is 8.16. The number of H-pyrrole nitrogens is 1. The van der Waals surface area contributed by atoms with Crippen LogP contribution in [0.5, 0.6) is 5.75 Å². The van der Waals surface area contributed by atoms with Gasteiger partial charge in [-0.25, -0.2) is 4.98 Å². The van der Waals surface area contributed by atoms with Crippen LogP contribution in [-0.2, 0) is 0 Å². The zero-order chi connectivity index (χ0) is 11.5. The largest absolute Gasteiger partial charge is 0.497 e. The van der Waals surface area contributed by atoms with E-state index in [9.17, 15) is 0 Å². The molecule has 16 heavy (non-hydrogen) atoms. The van der Waals surface area contributed by atoms with Crippen molar-refractivity contribution in [3.05, 3.63) is 41.5 Å². The predicted octanol–water partition coefficient (Wildman–Crippen LogP) is 1.17. The van der Waals surface area contributed by atoms with E-state index in [2.05, 4.69) is 15.2 Å². The van der Waals surface area contributed by atoms with Crippen LogP contribution in [0.4, 0.5) is 0 Å². The highest BCUT2D eigenvalue weighted by Gasteiger charge is 2.14. The molecule has 2 rings (SSSR count). The lowest BCUT2D eigenvalue weighted by Crippen LogP contribution is -2.15. The smallest absolute Gasteiger partial charge is 0.145 e. The molecule has 5 heteroatoms. The molecule has 0 saturated heterocycles. The molecule has 1 aromatic heterocycles. The van der Waals surface area contributed by atoms with Gasteiger partial charge in [-0.05, 0) is 30.2 Å². The Bertz CT molecular complexity index is 467. The molecule has 84 valence electrons. The molecule has 1 unspecified atom stereocenters. The van der Waals surface area contributed by atoms with Crippen molar-refractivity contribution in [2.45, 2.75) is 13.0 Å². The molecular formula is C11H14N4O. The van der Waals surface area contributed by atoms with E-state index in [1.165, 1.54) is 6.33 Å². The average molecular weight is 218 g/mol. The van der Waals surface area contributed by atoms with Gasteiger partial charge < -0.3 is 10.5 Å². The van der Waals surface area contributed by atoms with E-state index < -0.39 is 0 Å². The van der Waals surface area contributed by atoms with Gasteiger partial charge in [0, 0.05) is 0 Å². The number of aromatic amines is 1. The number of aromatic nitrogens is 3. The van der Waals surface area contributed by atoms with Gasteiger partial charge in [0.15, 0.2) is 0 Å². The Balaban J connectivity index is 2.34. The van der Waals surface area contributed by atoms with Gasteiger partial charge in [0.05, 0.1) is 13.2 Å². The highest BCUT2D eigenvalue weighted by molar-refractivity contribution is 5.38. The number of nitrogens with zero attached hydrogens (tertiary/aromatic N) is 2. The third kappa shape index (κ3) is 1.90. The zero-order valence-corrected chi connectivity index (χ0v) is 9.27. The first-order valence-electron chi connectivity index (χ1n) is 4.97. The minimum Gasteiger partial charge on any atom is -0.497 e. The maximum atomic E-state index is 6.08. The second-order valence-corrected chi connectivity index (χ2v) is 3.57. The van der Waals surface area contributed by atoms with E-state index in [1.54, 1.807) is 7.11 Å². The van der Waals surface area contributed by atoms with E-state index in [1.807, 2.05) is 25.1 Å². The third-order valence-corrected chi connectivity index (χ3v) is 2.54. The number of rotatable bonds is 3. The first-order valence-corrected chi connectivity index (χ1v) is 4.97. The summed E-state index contributed by atoms with van der Waals surface area (Å²) in [4.78, 5) is 4.05. The minimum absolute atomic E-state index is 0.284. The standard InChI is InChI=1S/C11H14N4O/c1-7-5-8(16-2)3-4-9(7)10(12)11-13-6-14-15-11/h3-6,10H,12H2,1-2H3,(H,13,14,15). The third-order valence-electron chi connectivity index (χ3n) is 2.54. The maximum Gasteiger partial charge on any atom is 0.145 e. The SMILES string of the molecule is COc1ccc(C(N)c2ncn[nH]2)c(C)c1. The highest BCUT2D eigenvalue weighted by Crippen LogP contribution is 2.23. The fraction of sp³-hybridized carbons (Fsp3) is 0.273. The van der Waals surface area contributed by atoms with Gasteiger partial charge >= 0.3 is 0 Å². The lowest BCUT2D eigenvalue weighted by molar-refractivity contribution is 0.414. The monoisotopic (exact) mass is 218 g/mol. The second kappa shape index (κ2) is 4.32. The molecule has 0 aliphatic rings. The molecule has 0 radical (unpaired) electrons. The van der Waals surface area contributed by atoms with Gasteiger partial charge in [0.25, 0.3) is 0 Å². The Hall–Kier alpha value is -1.88. The Morgan fingerprint density at radius 2 is 2.25 bits per heavy atom. The number of nitrogens with one attached hydrogen (secondary N) is 1. The van der Waals surface area contributed by atoms with Crippen LogP contribution in [0, 0.1) is 6.92 Å². The summed E-state index contributed by atoms with van der Waals surface area (Å²) in [5.74, 6) is 1.49. The van der Waals surface area contributed by atoms with E-state index >= 15 is 0 Å². The summed E-state index contributed by atoms with van der Waals surface area (Å²) in [5, 5.41) is 6.57. The van der Waals surface area contributed by atoms with Crippen LogP contribution in [-0.4, -0.2) is 22.3 Å². The van der Waals surface area contributed by atoms with Gasteiger partial charge in [0.1, 0.15) is 17.9 Å². The predicted molar refractivity (Wildman–Crippen MR) is 60.1 cm³/mol. The van der Waals surface area contributed by atoms with Crippen molar-refractivity contribution >= 4 is 0 Å². The van der Waals surface area contributed by atoms with Crippen molar-refractivity contribution in [3.8, 4) is 5.75 Å². The molecular weight excluding hydrogens is 204 g/mol. The van der Waals surface area contributed by atoms with Crippen LogP contribution in [0.25, 0.3) is 0 Å². The molecule has 1 atom stereocenters. The first-order chi connectivity index (χ1) is 7.72. The number of ether oxygens (including phenoxy) is 1. The fourth-order valence-corrected chi connectivity index (χ4v) is 1.64. The van der Waals surface area contributed by atoms with Crippen LogP contribution < -0.4 is 10.5 Å². The zero-order valence-electron chi connectivity index (χ0n) is 9.27. The Kier molecular flexibility index (Phi) is 2.87. The molecule has 0 saturated carbocycles. The number of hydrogen-bond donors (Lipinski definition) is 2. The summed E-state index contributed by atoms with van der Waals surface area (Å²) >= 11 is 0. The van der Waals surface area contributed by atoms with Crippen LogP contribution in [0.3, 0.4) is 0 Å². The molecule has 0 bridgehead atoms. The number of methoxy groups -OCH3 is 1. The minimum atomic E-state index is -0.284. The van der Waals surface area contributed by atoms with Gasteiger partial charge in [0.2, 0.25) is 0 Å². The summed E-state index contributed by atoms with van der Waals surface area (Å²) in [7, 11) is 1.64. The lowest BCUT2D eigenvalue weighted by Gasteiger charge is -2.13. The van der Waals surface area contributed by atoms with Crippen LogP contribution in [0.1, 0.15) is 23.0 Å². The highest BCUT2D eigenvalue weighted by atomic mass is 16.5. The molecule has 1 aromatic carbocycles. The Morgan fingerprint density at radius 3 is 2.81 bits per heavy atom. The molecule has 1 heterocycles. The van der Waals surface area contributed by atoms with Gasteiger partial charge in [-0.2, -0.15) is 5.10 Å². The number of benzene rings is 1. The van der Waals surface area contributed by atoms with Crippen molar-refractivity contribution in [1.29, 1.82) is 0 Å². The maximum absolute atomic E-state index is 6.08. The normalized spacial score (nSPS) is 12.4. The molecule has 2 aromatic rings. The van der Waals surface area contributed by atoms with E-state index in [0.29, 0.717) is 5.82 Å².